The van der Waals surface area contributed by atoms with Crippen molar-refractivity contribution in [1.82, 2.24) is 35.2 Å². The topological polar surface area (TPSA) is 107 Å². The highest BCUT2D eigenvalue weighted by Crippen LogP contribution is 2.44. The molecule has 11 nitrogen and oxygen atoms in total. The van der Waals surface area contributed by atoms with Gasteiger partial charge in [0.25, 0.3) is 11.8 Å². The Morgan fingerprint density at radius 3 is 2.52 bits per heavy atom. The minimum Gasteiger partial charge on any atom is -0.434 e. The molecule has 1 aromatic carbocycles. The van der Waals surface area contributed by atoms with E-state index in [0.717, 1.165) is 52.0 Å². The van der Waals surface area contributed by atoms with Crippen molar-refractivity contribution in [3.63, 3.8) is 0 Å². The normalized spacial score (nSPS) is 17.3. The second-order valence-electron chi connectivity index (χ2n) is 13.9. The molecule has 1 N–H and O–H groups in total. The predicted octanol–water partition coefficient (Wildman–Crippen LogP) is 4.45. The van der Waals surface area contributed by atoms with Gasteiger partial charge in [0, 0.05) is 76.8 Å². The van der Waals surface area contributed by atoms with Gasteiger partial charge in [0.05, 0.1) is 5.56 Å². The molecule has 2 aliphatic heterocycles. The first-order valence-corrected chi connectivity index (χ1v) is 16.7. The molecule has 2 unspecified atom stereocenters. The van der Waals surface area contributed by atoms with E-state index < -0.39 is 5.82 Å². The standard InChI is InChI=1S/C34H53FN8O3/c1-9-43(24(4)5)33(45)27-18-26(35)12-13-29(27)46-32-31(37-22-38-39-32)41-16-14-34(19-41)20-42(21-34)28(23(2)3)11-10-15-36-25(6)17-30(44)40(7)8/h12-13,18,22-25,28,36H,9-11,14-17,19-21H2,1-8H3. The molecule has 2 amide bonds. The average Bonchev–Trinajstić information content (AvgIpc) is 3.43. The molecule has 1 aromatic heterocycles. The fraction of sp³-hybridized carbons (Fsp3) is 0.676. The molecular formula is C34H53FN8O3. The third kappa shape index (κ3) is 8.50. The van der Waals surface area contributed by atoms with Crippen molar-refractivity contribution in [1.29, 1.82) is 0 Å². The summed E-state index contributed by atoms with van der Waals surface area (Å²) in [6.07, 6.45) is 5.13. The van der Waals surface area contributed by atoms with Crippen LogP contribution in [0.3, 0.4) is 0 Å². The highest BCUT2D eigenvalue weighted by Gasteiger charge is 2.50. The summed E-state index contributed by atoms with van der Waals surface area (Å²) in [5, 5.41) is 11.7. The maximum Gasteiger partial charge on any atom is 0.282 e. The Hall–Kier alpha value is -3.38. The number of amides is 2. The average molecular weight is 641 g/mol. The quantitative estimate of drug-likeness (QED) is 0.283. The number of likely N-dealkylation sites (tertiary alicyclic amines) is 1. The van der Waals surface area contributed by atoms with Crippen molar-refractivity contribution < 1.29 is 18.7 Å². The number of carbonyl (C=O) groups is 2. The Morgan fingerprint density at radius 1 is 1.13 bits per heavy atom. The molecule has 2 aliphatic rings. The molecule has 2 saturated heterocycles. The molecular weight excluding hydrogens is 587 g/mol. The van der Waals surface area contributed by atoms with Gasteiger partial charge in [-0.25, -0.2) is 9.37 Å². The van der Waals surface area contributed by atoms with Crippen LogP contribution < -0.4 is 15.0 Å². The largest absolute Gasteiger partial charge is 0.434 e. The third-order valence-electron chi connectivity index (χ3n) is 9.38. The van der Waals surface area contributed by atoms with Crippen molar-refractivity contribution in [2.75, 3.05) is 58.3 Å². The van der Waals surface area contributed by atoms with E-state index in [0.29, 0.717) is 30.7 Å². The summed E-state index contributed by atoms with van der Waals surface area (Å²) in [5.41, 5.74) is 0.316. The lowest BCUT2D eigenvalue weighted by molar-refractivity contribution is -0.129. The zero-order valence-electron chi connectivity index (χ0n) is 28.9. The van der Waals surface area contributed by atoms with Gasteiger partial charge in [0.15, 0.2) is 5.82 Å². The summed E-state index contributed by atoms with van der Waals surface area (Å²) >= 11 is 0. The number of rotatable bonds is 15. The minimum absolute atomic E-state index is 0.0501. The highest BCUT2D eigenvalue weighted by atomic mass is 19.1. The number of carbonyl (C=O) groups excluding carboxylic acids is 2. The van der Waals surface area contributed by atoms with Gasteiger partial charge in [-0.2, -0.15) is 0 Å². The molecule has 1 spiro atoms. The van der Waals surface area contributed by atoms with Crippen LogP contribution in [0.4, 0.5) is 10.2 Å². The molecule has 0 aliphatic carbocycles. The number of anilines is 1. The van der Waals surface area contributed by atoms with E-state index in [1.54, 1.807) is 23.9 Å². The van der Waals surface area contributed by atoms with Crippen molar-refractivity contribution >= 4 is 17.6 Å². The molecule has 12 heteroatoms. The lowest BCUT2D eigenvalue weighted by atomic mass is 9.76. The van der Waals surface area contributed by atoms with Gasteiger partial charge in [-0.15, -0.1) is 10.2 Å². The summed E-state index contributed by atoms with van der Waals surface area (Å²) in [7, 11) is 3.59. The predicted molar refractivity (Wildman–Crippen MR) is 178 cm³/mol. The Bertz CT molecular complexity index is 1330. The van der Waals surface area contributed by atoms with E-state index in [1.165, 1.54) is 24.5 Å². The molecule has 0 saturated carbocycles. The first-order valence-electron chi connectivity index (χ1n) is 16.7. The van der Waals surface area contributed by atoms with Crippen LogP contribution in [0.15, 0.2) is 24.5 Å². The number of benzene rings is 1. The summed E-state index contributed by atoms with van der Waals surface area (Å²) < 4.78 is 20.5. The SMILES string of the molecule is CCN(C(=O)c1cc(F)ccc1Oc1nncnc1N1CCC2(C1)CN(C(CCCNC(C)CC(=O)N(C)C)C(C)C)C2)C(C)C. The lowest BCUT2D eigenvalue weighted by Gasteiger charge is -2.53. The third-order valence-corrected chi connectivity index (χ3v) is 9.38. The van der Waals surface area contributed by atoms with Crippen molar-refractivity contribution in [3.05, 3.63) is 35.9 Å². The molecule has 2 fully saturated rings. The maximum absolute atomic E-state index is 14.3. The Morgan fingerprint density at radius 2 is 1.87 bits per heavy atom. The summed E-state index contributed by atoms with van der Waals surface area (Å²) in [6, 6.07) is 4.58. The van der Waals surface area contributed by atoms with E-state index in [1.807, 2.05) is 20.8 Å². The molecule has 2 atom stereocenters. The number of hydrogen-bond donors (Lipinski definition) is 1. The number of nitrogens with one attached hydrogen (secondary N) is 1. The fourth-order valence-electron chi connectivity index (χ4n) is 6.84. The van der Waals surface area contributed by atoms with Crippen LogP contribution in [0.1, 0.15) is 77.6 Å². The Labute approximate surface area is 273 Å². The summed E-state index contributed by atoms with van der Waals surface area (Å²) in [4.78, 5) is 38.0. The summed E-state index contributed by atoms with van der Waals surface area (Å²) in [6.45, 7) is 17.5. The molecule has 0 radical (unpaired) electrons. The highest BCUT2D eigenvalue weighted by molar-refractivity contribution is 5.97. The second kappa shape index (κ2) is 15.5. The molecule has 3 heterocycles. The van der Waals surface area contributed by atoms with Crippen LogP contribution in [0.2, 0.25) is 0 Å². The Balaban J connectivity index is 1.37. The van der Waals surface area contributed by atoms with Gasteiger partial charge in [0.2, 0.25) is 5.91 Å². The van der Waals surface area contributed by atoms with E-state index >= 15 is 0 Å². The van der Waals surface area contributed by atoms with Gasteiger partial charge in [-0.1, -0.05) is 13.8 Å². The number of nitrogens with zero attached hydrogens (tertiary/aromatic N) is 7. The number of aromatic nitrogens is 3. The maximum atomic E-state index is 14.3. The molecule has 46 heavy (non-hydrogen) atoms. The first-order chi connectivity index (χ1) is 21.8. The van der Waals surface area contributed by atoms with Gasteiger partial charge in [-0.05, 0) is 77.6 Å². The second-order valence-corrected chi connectivity index (χ2v) is 13.9. The van der Waals surface area contributed by atoms with Crippen LogP contribution in [-0.2, 0) is 4.79 Å². The number of hydrogen-bond acceptors (Lipinski definition) is 9. The molecule has 254 valence electrons. The van der Waals surface area contributed by atoms with E-state index in [2.05, 4.69) is 51.1 Å². The fourth-order valence-corrected chi connectivity index (χ4v) is 6.84. The molecule has 2 aromatic rings. The van der Waals surface area contributed by atoms with Gasteiger partial charge in [-0.3, -0.25) is 14.5 Å². The lowest BCUT2D eigenvalue weighted by Crippen LogP contribution is -2.62. The van der Waals surface area contributed by atoms with Gasteiger partial charge < -0.3 is 24.8 Å². The van der Waals surface area contributed by atoms with E-state index in [9.17, 15) is 14.0 Å². The first kappa shape index (κ1) is 35.5. The minimum atomic E-state index is -0.508. The van der Waals surface area contributed by atoms with Crippen LogP contribution in [0.5, 0.6) is 11.6 Å². The van der Waals surface area contributed by atoms with Gasteiger partial charge >= 0.3 is 0 Å². The van der Waals surface area contributed by atoms with Crippen molar-refractivity contribution in [2.24, 2.45) is 11.3 Å². The van der Waals surface area contributed by atoms with Crippen LogP contribution >= 0.6 is 0 Å². The van der Waals surface area contributed by atoms with Crippen molar-refractivity contribution in [2.45, 2.75) is 85.4 Å². The van der Waals surface area contributed by atoms with E-state index in [4.69, 9.17) is 4.74 Å². The Kier molecular flexibility index (Phi) is 11.9. The molecule has 0 bridgehead atoms. The summed E-state index contributed by atoms with van der Waals surface area (Å²) in [5.74, 6) is 0.894. The smallest absolute Gasteiger partial charge is 0.282 e. The van der Waals surface area contributed by atoms with E-state index in [-0.39, 0.29) is 46.5 Å². The van der Waals surface area contributed by atoms with Crippen molar-refractivity contribution in [3.8, 4) is 11.6 Å². The molecule has 4 rings (SSSR count). The van der Waals surface area contributed by atoms with Gasteiger partial charge in [0.1, 0.15) is 17.9 Å². The monoisotopic (exact) mass is 640 g/mol. The van der Waals surface area contributed by atoms with Crippen LogP contribution in [0.25, 0.3) is 0 Å². The number of ether oxygens (including phenoxy) is 1. The zero-order chi connectivity index (χ0) is 33.6. The van der Waals surface area contributed by atoms with Crippen LogP contribution in [-0.4, -0.2) is 113 Å². The van der Waals surface area contributed by atoms with Crippen LogP contribution in [0, 0.1) is 17.2 Å². The zero-order valence-corrected chi connectivity index (χ0v) is 28.9. The number of halogens is 1.